The molecule has 2 rings (SSSR count). The number of ether oxygens (including phenoxy) is 1. The van der Waals surface area contributed by atoms with Crippen molar-refractivity contribution in [3.05, 3.63) is 39.8 Å². The van der Waals surface area contributed by atoms with Gasteiger partial charge in [0.1, 0.15) is 4.60 Å². The van der Waals surface area contributed by atoms with Gasteiger partial charge in [0.05, 0.1) is 18.2 Å². The fourth-order valence-corrected chi connectivity index (χ4v) is 2.22. The lowest BCUT2D eigenvalue weighted by molar-refractivity contribution is -0.139. The van der Waals surface area contributed by atoms with Crippen LogP contribution in [0.5, 0.6) is 0 Å². The van der Waals surface area contributed by atoms with Gasteiger partial charge in [-0.3, -0.25) is 0 Å². The summed E-state index contributed by atoms with van der Waals surface area (Å²) in [6.45, 7) is 3.68. The van der Waals surface area contributed by atoms with E-state index in [-0.39, 0.29) is 12.6 Å². The second-order valence-corrected chi connectivity index (χ2v) is 5.02. The van der Waals surface area contributed by atoms with Gasteiger partial charge in [-0.25, -0.2) is 14.6 Å². The van der Waals surface area contributed by atoms with Gasteiger partial charge in [0, 0.05) is 11.9 Å². The Labute approximate surface area is 124 Å². The molecule has 2 amide bonds. The first kappa shape index (κ1) is 14.5. The van der Waals surface area contributed by atoms with Crippen molar-refractivity contribution in [2.24, 2.45) is 0 Å². The topological polar surface area (TPSA) is 80.3 Å². The van der Waals surface area contributed by atoms with Crippen molar-refractivity contribution in [1.82, 2.24) is 15.6 Å². The highest BCUT2D eigenvalue weighted by Crippen LogP contribution is 2.27. The maximum atomic E-state index is 12.1. The summed E-state index contributed by atoms with van der Waals surface area (Å²) < 4.78 is 5.73. The predicted octanol–water partition coefficient (Wildman–Crippen LogP) is 2.04. The van der Waals surface area contributed by atoms with Gasteiger partial charge in [-0.05, 0) is 41.4 Å². The zero-order chi connectivity index (χ0) is 14.7. The molecule has 1 aliphatic rings. The highest BCUT2D eigenvalue weighted by Gasteiger charge is 2.32. The number of amides is 2. The number of carbonyl (C=O) groups excluding carboxylic acids is 2. The van der Waals surface area contributed by atoms with Crippen molar-refractivity contribution in [2.45, 2.75) is 19.9 Å². The minimum absolute atomic E-state index is 0.273. The third-order valence-corrected chi connectivity index (χ3v) is 3.32. The smallest absolute Gasteiger partial charge is 0.338 e. The predicted molar refractivity (Wildman–Crippen MR) is 75.7 cm³/mol. The van der Waals surface area contributed by atoms with E-state index in [0.717, 1.165) is 0 Å². The number of carbonyl (C=O) groups is 2. The molecule has 0 fully saturated rings. The number of halogens is 1. The number of allylic oxidation sites excluding steroid dienone is 1. The molecule has 1 aliphatic heterocycles. The number of esters is 1. The molecule has 1 aromatic heterocycles. The Bertz CT molecular complexity index is 569. The van der Waals surface area contributed by atoms with Crippen LogP contribution in [0.1, 0.15) is 25.5 Å². The molecule has 0 saturated heterocycles. The number of pyridine rings is 1. The molecule has 0 aliphatic carbocycles. The van der Waals surface area contributed by atoms with E-state index in [0.29, 0.717) is 21.4 Å². The second kappa shape index (κ2) is 6.04. The van der Waals surface area contributed by atoms with E-state index in [9.17, 15) is 9.59 Å². The Morgan fingerprint density at radius 1 is 1.50 bits per heavy atom. The molecule has 2 N–H and O–H groups in total. The number of hydrogen-bond donors (Lipinski definition) is 2. The van der Waals surface area contributed by atoms with E-state index in [4.69, 9.17) is 4.74 Å². The molecule has 2 heterocycles. The quantitative estimate of drug-likeness (QED) is 0.652. The van der Waals surface area contributed by atoms with Gasteiger partial charge in [0.2, 0.25) is 0 Å². The minimum Gasteiger partial charge on any atom is -0.463 e. The average molecular weight is 340 g/mol. The first-order valence-electron chi connectivity index (χ1n) is 6.09. The second-order valence-electron chi connectivity index (χ2n) is 4.20. The lowest BCUT2D eigenvalue weighted by atomic mass is 9.97. The van der Waals surface area contributed by atoms with E-state index < -0.39 is 12.0 Å². The van der Waals surface area contributed by atoms with Gasteiger partial charge in [0.25, 0.3) is 0 Å². The Morgan fingerprint density at radius 2 is 2.25 bits per heavy atom. The van der Waals surface area contributed by atoms with Crippen LogP contribution in [0.25, 0.3) is 0 Å². The third-order valence-electron chi connectivity index (χ3n) is 2.85. The highest BCUT2D eigenvalue weighted by molar-refractivity contribution is 9.10. The lowest BCUT2D eigenvalue weighted by Gasteiger charge is -2.27. The average Bonchev–Trinajstić information content (AvgIpc) is 2.38. The van der Waals surface area contributed by atoms with Crippen molar-refractivity contribution in [2.75, 3.05) is 6.61 Å². The maximum absolute atomic E-state index is 12.1. The van der Waals surface area contributed by atoms with Gasteiger partial charge >= 0.3 is 12.0 Å². The Morgan fingerprint density at radius 3 is 2.85 bits per heavy atom. The Balaban J connectivity index is 2.41. The van der Waals surface area contributed by atoms with Crippen molar-refractivity contribution in [1.29, 1.82) is 0 Å². The van der Waals surface area contributed by atoms with Crippen LogP contribution < -0.4 is 10.6 Å². The van der Waals surface area contributed by atoms with E-state index in [2.05, 4.69) is 31.5 Å². The summed E-state index contributed by atoms with van der Waals surface area (Å²) in [7, 11) is 0. The van der Waals surface area contributed by atoms with Crippen molar-refractivity contribution >= 4 is 27.9 Å². The van der Waals surface area contributed by atoms with Crippen LogP contribution in [0.3, 0.4) is 0 Å². The molecule has 7 heteroatoms. The Kier molecular flexibility index (Phi) is 4.39. The van der Waals surface area contributed by atoms with E-state index in [1.807, 2.05) is 0 Å². The molecule has 0 spiro atoms. The molecule has 1 atom stereocenters. The number of nitrogens with zero attached hydrogens (tertiary/aromatic N) is 1. The molecule has 0 saturated carbocycles. The molecule has 0 radical (unpaired) electrons. The first-order chi connectivity index (χ1) is 9.52. The van der Waals surface area contributed by atoms with Crippen molar-refractivity contribution < 1.29 is 14.3 Å². The van der Waals surface area contributed by atoms with Gasteiger partial charge < -0.3 is 15.4 Å². The van der Waals surface area contributed by atoms with Crippen LogP contribution in [0.2, 0.25) is 0 Å². The van der Waals surface area contributed by atoms with Gasteiger partial charge in [0.15, 0.2) is 0 Å². The molecule has 20 heavy (non-hydrogen) atoms. The van der Waals surface area contributed by atoms with Crippen LogP contribution >= 0.6 is 15.9 Å². The number of hydrogen-bond acceptors (Lipinski definition) is 4. The van der Waals surface area contributed by atoms with Crippen LogP contribution in [0.15, 0.2) is 34.2 Å². The van der Waals surface area contributed by atoms with Gasteiger partial charge in [-0.2, -0.15) is 0 Å². The summed E-state index contributed by atoms with van der Waals surface area (Å²) in [5.74, 6) is -0.453. The summed E-state index contributed by atoms with van der Waals surface area (Å²) in [5, 5.41) is 5.29. The molecule has 106 valence electrons. The molecule has 0 unspecified atom stereocenters. The van der Waals surface area contributed by atoms with Gasteiger partial charge in [-0.1, -0.05) is 6.07 Å². The number of nitrogens with one attached hydrogen (secondary N) is 2. The highest BCUT2D eigenvalue weighted by atomic mass is 79.9. The van der Waals surface area contributed by atoms with Crippen LogP contribution in [0, 0.1) is 0 Å². The number of urea groups is 1. The first-order valence-corrected chi connectivity index (χ1v) is 6.89. The molecule has 6 nitrogen and oxygen atoms in total. The Hall–Kier alpha value is -1.89. The van der Waals surface area contributed by atoms with Crippen LogP contribution in [-0.4, -0.2) is 23.6 Å². The number of rotatable bonds is 3. The minimum atomic E-state index is -0.566. The normalized spacial score (nSPS) is 18.4. The van der Waals surface area contributed by atoms with E-state index in [1.54, 1.807) is 32.2 Å². The van der Waals surface area contributed by atoms with Crippen molar-refractivity contribution in [3.63, 3.8) is 0 Å². The van der Waals surface area contributed by atoms with Crippen LogP contribution in [-0.2, 0) is 9.53 Å². The zero-order valence-electron chi connectivity index (χ0n) is 11.1. The fraction of sp³-hybridized carbons (Fsp3) is 0.308. The SMILES string of the molecule is CCOC(=O)C1=C(C)NC(=O)N[C@H]1c1ccc(Br)nc1. The largest absolute Gasteiger partial charge is 0.463 e. The molecule has 0 aromatic carbocycles. The maximum Gasteiger partial charge on any atom is 0.338 e. The monoisotopic (exact) mass is 339 g/mol. The standard InChI is InChI=1S/C13H14BrN3O3/c1-3-20-12(18)10-7(2)16-13(19)17-11(10)8-4-5-9(14)15-6-8/h4-6,11H,3H2,1-2H3,(H2,16,17,19)/t11-/m0/s1. The van der Waals surface area contributed by atoms with E-state index in [1.165, 1.54) is 0 Å². The molecule has 1 aromatic rings. The molecule has 0 bridgehead atoms. The number of aromatic nitrogens is 1. The van der Waals surface area contributed by atoms with Gasteiger partial charge in [-0.15, -0.1) is 0 Å². The van der Waals surface area contributed by atoms with E-state index >= 15 is 0 Å². The third kappa shape index (κ3) is 2.98. The summed E-state index contributed by atoms with van der Waals surface area (Å²) in [4.78, 5) is 27.8. The molecular formula is C13H14BrN3O3. The lowest BCUT2D eigenvalue weighted by Crippen LogP contribution is -2.45. The fourth-order valence-electron chi connectivity index (χ4n) is 1.98. The summed E-state index contributed by atoms with van der Waals surface area (Å²) in [5.41, 5.74) is 1.58. The summed E-state index contributed by atoms with van der Waals surface area (Å²) in [6, 6.07) is 2.62. The summed E-state index contributed by atoms with van der Waals surface area (Å²) in [6.07, 6.45) is 1.60. The van der Waals surface area contributed by atoms with Crippen molar-refractivity contribution in [3.8, 4) is 0 Å². The molecular weight excluding hydrogens is 326 g/mol. The van der Waals surface area contributed by atoms with Crippen LogP contribution in [0.4, 0.5) is 4.79 Å². The zero-order valence-corrected chi connectivity index (χ0v) is 12.7. The summed E-state index contributed by atoms with van der Waals surface area (Å²) >= 11 is 3.25.